The molecule has 27 nitrogen and oxygen atoms in total. The molecule has 0 saturated carbocycles. The van der Waals surface area contributed by atoms with E-state index in [0.717, 1.165) is 65.4 Å². The molecule has 300 valence electrons. The van der Waals surface area contributed by atoms with Crippen molar-refractivity contribution in [2.75, 3.05) is 78.5 Å². The Morgan fingerprint density at radius 1 is 0.640 bits per heavy atom. The van der Waals surface area contributed by atoms with Crippen LogP contribution < -0.4 is 15.7 Å². The Morgan fingerprint density at radius 3 is 1.12 bits per heavy atom. The molecule has 50 heavy (non-hydrogen) atoms. The molecule has 2 aliphatic rings. The van der Waals surface area contributed by atoms with Gasteiger partial charge in [-0.3, -0.25) is 19.8 Å². The summed E-state index contributed by atoms with van der Waals surface area (Å²) < 4.78 is 0. The van der Waals surface area contributed by atoms with Gasteiger partial charge in [-0.15, -0.1) is 0 Å². The molecule has 0 spiro atoms. The van der Waals surface area contributed by atoms with Gasteiger partial charge < -0.3 is 98.9 Å². The van der Waals surface area contributed by atoms with Crippen molar-refractivity contribution in [3.05, 3.63) is 89.6 Å². The van der Waals surface area contributed by atoms with E-state index in [9.17, 15) is 5.11 Å². The monoisotopic (exact) mass is 852 g/mol. The Bertz CT molecular complexity index is 957. The van der Waals surface area contributed by atoms with Crippen LogP contribution in [0.4, 0.5) is 0 Å². The first-order valence-corrected chi connectivity index (χ1v) is 12.9. The first kappa shape index (κ1) is 64.7. The van der Waals surface area contributed by atoms with E-state index in [2.05, 4.69) is 30.4 Å². The van der Waals surface area contributed by atoms with Crippen LogP contribution in [0, 0.1) is 61.3 Å². The van der Waals surface area contributed by atoms with Crippen LogP contribution in [0.1, 0.15) is 11.1 Å². The summed E-state index contributed by atoms with van der Waals surface area (Å²) in [6, 6.07) is 3.37. The number of benzene rings is 1. The van der Waals surface area contributed by atoms with Gasteiger partial charge in [0, 0.05) is 56.7 Å². The van der Waals surface area contributed by atoms with E-state index < -0.39 is 20.3 Å². The molecule has 0 bridgehead atoms. The van der Waals surface area contributed by atoms with Crippen molar-refractivity contribution in [3.8, 4) is 5.75 Å². The molecule has 0 atom stereocenters. The maximum absolute atomic E-state index is 12.6. The smallest absolute Gasteiger partial charge is 0.872 e. The summed E-state index contributed by atoms with van der Waals surface area (Å²) in [7, 11) is 0. The summed E-state index contributed by atoms with van der Waals surface area (Å²) >= 11 is 6.21. The van der Waals surface area contributed by atoms with Crippen LogP contribution in [-0.2, 0) is 34.1 Å². The maximum Gasteiger partial charge on any atom is 2.00 e. The maximum atomic E-state index is 12.6. The van der Waals surface area contributed by atoms with Gasteiger partial charge in [0.05, 0.1) is 59.6 Å². The third-order valence-corrected chi connectivity index (χ3v) is 5.48. The van der Waals surface area contributed by atoms with Crippen LogP contribution in [0.5, 0.6) is 5.75 Å². The molecule has 11 N–H and O–H groups in total. The second-order valence-electron chi connectivity index (χ2n) is 8.29. The van der Waals surface area contributed by atoms with Crippen LogP contribution in [0.25, 0.3) is 0 Å². The molecule has 0 aromatic heterocycles. The summed E-state index contributed by atoms with van der Waals surface area (Å²) in [6.07, 6.45) is 3.32. The van der Waals surface area contributed by atoms with Crippen LogP contribution in [0.15, 0.2) is 22.1 Å². The fourth-order valence-electron chi connectivity index (χ4n) is 3.61. The zero-order chi connectivity index (χ0) is 33.9. The molecular weight excluding hydrogens is 815 g/mol. The fourth-order valence-corrected chi connectivity index (χ4v) is 3.84. The predicted molar refractivity (Wildman–Crippen MR) is 166 cm³/mol. The summed E-state index contributed by atoms with van der Waals surface area (Å²) in [6.45, 7) is 12.3. The third-order valence-electron chi connectivity index (χ3n) is 5.26. The second-order valence-corrected chi connectivity index (χ2v) is 8.73. The SMILES string of the molecule is O.O.O.O=[N+]([O-])[O-].O=[N+]([O-])[O-].O=[N+]([O-])[O-].O=[N+]([O-])[O-].[Cu+2].[Cu+2].[O-]c1c(C=NCCN2CC[NH2+]CC2)cc(Cl)cc1C=NCCN1CC[NH2+]CC1.[OH-]. The minimum Gasteiger partial charge on any atom is -0.872 e. The Balaban J connectivity index is -0.000000114. The van der Waals surface area contributed by atoms with Crippen molar-refractivity contribution in [3.63, 3.8) is 0 Å². The minimum atomic E-state index is -1.75. The summed E-state index contributed by atoms with van der Waals surface area (Å²) in [5.74, 6) is -0.0583. The van der Waals surface area contributed by atoms with E-state index in [1.807, 2.05) is 0 Å². The quantitative estimate of drug-likeness (QED) is 0.107. The van der Waals surface area contributed by atoms with E-state index in [1.54, 1.807) is 24.6 Å². The molecule has 30 heteroatoms. The zero-order valence-corrected chi connectivity index (χ0v) is 28.4. The summed E-state index contributed by atoms with van der Waals surface area (Å²) in [4.78, 5) is 46.7. The van der Waals surface area contributed by atoms with E-state index in [-0.39, 0.29) is 61.8 Å². The first-order chi connectivity index (χ1) is 20.6. The number of halogens is 1. The Labute approximate surface area is 309 Å². The number of hydrogen-bond acceptors (Lipinski definition) is 18. The molecular formula is C20H39ClCu2N10O17. The van der Waals surface area contributed by atoms with Crippen LogP contribution >= 0.6 is 11.6 Å². The number of quaternary nitrogens is 2. The molecule has 2 heterocycles. The first-order valence-electron chi connectivity index (χ1n) is 12.5. The molecule has 2 aliphatic heterocycles. The second kappa shape index (κ2) is 41.3. The third kappa shape index (κ3) is 46.3. The van der Waals surface area contributed by atoms with Crippen molar-refractivity contribution in [1.82, 2.24) is 9.80 Å². The molecule has 1 aromatic rings. The van der Waals surface area contributed by atoms with E-state index in [0.29, 0.717) is 29.2 Å². The average molecular weight is 854 g/mol. The number of nitrogens with zero attached hydrogens (tertiary/aromatic N) is 8. The van der Waals surface area contributed by atoms with Gasteiger partial charge in [0.1, 0.15) is 0 Å². The molecule has 2 saturated heterocycles. The standard InChI is InChI=1S/C20H31ClN6O.2Cu.4NO3.4H2O/c21-19-13-17(15-24-5-11-26-7-1-22-2-8-26)20(28)18(14-19)16-25-6-12-27-9-3-23-4-10-27;;;4*2-1(3)4;;;;/h13-16,22-23,28H,1-12H2;;;;;;;4*1H2/q;2*+2;4*-1;;;;. The molecule has 0 unspecified atom stereocenters. The van der Waals surface area contributed by atoms with Gasteiger partial charge in [-0.2, -0.15) is 0 Å². The topological polar surface area (TPSA) is 477 Å². The van der Waals surface area contributed by atoms with Gasteiger partial charge in [-0.25, -0.2) is 0 Å². The molecule has 0 aliphatic carbocycles. The Morgan fingerprint density at radius 2 is 0.880 bits per heavy atom. The van der Waals surface area contributed by atoms with E-state index >= 15 is 0 Å². The van der Waals surface area contributed by atoms with Gasteiger partial charge in [-0.1, -0.05) is 17.4 Å². The van der Waals surface area contributed by atoms with Crippen molar-refractivity contribution < 1.29 is 92.1 Å². The van der Waals surface area contributed by atoms with Crippen LogP contribution in [0.2, 0.25) is 5.02 Å². The van der Waals surface area contributed by atoms with Gasteiger partial charge in [0.2, 0.25) is 0 Å². The number of hydrogen-bond donors (Lipinski definition) is 2. The van der Waals surface area contributed by atoms with Crippen molar-refractivity contribution in [2.45, 2.75) is 0 Å². The average Bonchev–Trinajstić information content (AvgIpc) is 2.91. The molecule has 2 fully saturated rings. The summed E-state index contributed by atoms with van der Waals surface area (Å²) in [5, 5.41) is 76.9. The number of piperazine rings is 2. The number of rotatable bonds is 8. The summed E-state index contributed by atoms with van der Waals surface area (Å²) in [5.41, 5.74) is 1.07. The molecule has 1 aromatic carbocycles. The zero-order valence-electron chi connectivity index (χ0n) is 25.8. The fraction of sp³-hybridized carbons (Fsp3) is 0.600. The predicted octanol–water partition coefficient (Wildman–Crippen LogP) is -5.60. The Kier molecular flexibility index (Phi) is 53.5. The van der Waals surface area contributed by atoms with Gasteiger partial charge in [-0.05, 0) is 23.3 Å². The van der Waals surface area contributed by atoms with Crippen LogP contribution in [-0.4, -0.2) is 143 Å². The van der Waals surface area contributed by atoms with Gasteiger partial charge in [0.25, 0.3) is 0 Å². The molecule has 3 rings (SSSR count). The van der Waals surface area contributed by atoms with E-state index in [1.165, 1.54) is 0 Å². The van der Waals surface area contributed by atoms with Gasteiger partial charge >= 0.3 is 34.1 Å². The molecule has 0 amide bonds. The van der Waals surface area contributed by atoms with Crippen molar-refractivity contribution in [2.24, 2.45) is 9.98 Å². The van der Waals surface area contributed by atoms with Crippen molar-refractivity contribution >= 4 is 24.0 Å². The number of nitrogens with two attached hydrogens (primary N) is 2. The Hall–Kier alpha value is -3.83. The molecule has 2 radical (unpaired) electrons. The minimum absolute atomic E-state index is 0. The van der Waals surface area contributed by atoms with Gasteiger partial charge in [0.15, 0.2) is 0 Å². The van der Waals surface area contributed by atoms with Crippen molar-refractivity contribution in [1.29, 1.82) is 0 Å². The largest absolute Gasteiger partial charge is 2.00 e. The van der Waals surface area contributed by atoms with Crippen LogP contribution in [0.3, 0.4) is 0 Å². The number of aliphatic imine (C=N–C) groups is 2. The van der Waals surface area contributed by atoms with E-state index in [4.69, 9.17) is 72.9 Å². The normalized spacial score (nSPS) is 13.0.